The Kier molecular flexibility index (Phi) is 5.89. The summed E-state index contributed by atoms with van der Waals surface area (Å²) in [7, 11) is -1.36. The summed E-state index contributed by atoms with van der Waals surface area (Å²) in [5.41, 5.74) is 0.262. The van der Waals surface area contributed by atoms with Gasteiger partial charge in [0.2, 0.25) is 0 Å². The molecule has 1 aliphatic rings. The number of amides is 1. The lowest BCUT2D eigenvalue weighted by Crippen LogP contribution is -2.27. The fourth-order valence-electron chi connectivity index (χ4n) is 2.38. The molecule has 1 aliphatic heterocycles. The molecule has 0 aliphatic carbocycles. The first-order valence-corrected chi connectivity index (χ1v) is 9.31. The van der Waals surface area contributed by atoms with Crippen molar-refractivity contribution in [1.82, 2.24) is 15.3 Å². The summed E-state index contributed by atoms with van der Waals surface area (Å²) in [6, 6.07) is 1.37. The molecule has 1 amide bonds. The number of rotatable bonds is 7. The number of nitrogens with zero attached hydrogens (tertiary/aromatic N) is 2. The number of hydrogen-bond donors (Lipinski definition) is 2. The Bertz CT molecular complexity index is 663. The van der Waals surface area contributed by atoms with Crippen LogP contribution in [-0.2, 0) is 14.6 Å². The van der Waals surface area contributed by atoms with Crippen molar-refractivity contribution in [2.24, 2.45) is 0 Å². The monoisotopic (exact) mass is 342 g/mol. The van der Waals surface area contributed by atoms with E-state index in [1.807, 2.05) is 0 Å². The van der Waals surface area contributed by atoms with E-state index in [1.54, 1.807) is 20.1 Å². The average Bonchev–Trinajstić information content (AvgIpc) is 2.81. The summed E-state index contributed by atoms with van der Waals surface area (Å²) < 4.78 is 27.9. The lowest BCUT2D eigenvalue weighted by molar-refractivity contribution is 0.0943. The predicted octanol–water partition coefficient (Wildman–Crippen LogP) is 0.150. The van der Waals surface area contributed by atoms with Crippen molar-refractivity contribution in [3.8, 4) is 0 Å². The number of anilines is 1. The Hall–Kier alpha value is -1.74. The van der Waals surface area contributed by atoms with Crippen LogP contribution in [0.15, 0.2) is 6.07 Å². The third-order valence-electron chi connectivity index (χ3n) is 3.47. The van der Waals surface area contributed by atoms with Crippen LogP contribution < -0.4 is 10.6 Å². The molecule has 128 valence electrons. The molecule has 0 aromatic carbocycles. The predicted molar refractivity (Wildman–Crippen MR) is 86.3 cm³/mol. The quantitative estimate of drug-likeness (QED) is 0.679. The first-order chi connectivity index (χ1) is 10.9. The van der Waals surface area contributed by atoms with Gasteiger partial charge in [0.1, 0.15) is 17.3 Å². The number of aryl methyl sites for hydroxylation is 1. The van der Waals surface area contributed by atoms with Crippen LogP contribution in [0.3, 0.4) is 0 Å². The van der Waals surface area contributed by atoms with E-state index in [4.69, 9.17) is 4.74 Å². The second-order valence-corrected chi connectivity index (χ2v) is 7.76. The number of ether oxygens (including phenoxy) is 1. The van der Waals surface area contributed by atoms with Crippen LogP contribution >= 0.6 is 0 Å². The largest absolute Gasteiger partial charge is 0.385 e. The highest BCUT2D eigenvalue weighted by atomic mass is 32.2. The Morgan fingerprint density at radius 3 is 2.87 bits per heavy atom. The van der Waals surface area contributed by atoms with Crippen LogP contribution in [0.25, 0.3) is 0 Å². The maximum absolute atomic E-state index is 12.1. The van der Waals surface area contributed by atoms with Crippen LogP contribution in [0, 0.1) is 6.92 Å². The molecule has 0 bridgehead atoms. The second kappa shape index (κ2) is 7.69. The van der Waals surface area contributed by atoms with Crippen molar-refractivity contribution in [3.05, 3.63) is 17.6 Å². The maximum atomic E-state index is 12.1. The van der Waals surface area contributed by atoms with Gasteiger partial charge in [-0.1, -0.05) is 0 Å². The van der Waals surface area contributed by atoms with E-state index in [9.17, 15) is 13.2 Å². The average molecular weight is 342 g/mol. The van der Waals surface area contributed by atoms with Crippen LogP contribution in [0.2, 0.25) is 0 Å². The molecular weight excluding hydrogens is 320 g/mol. The number of aromatic nitrogens is 2. The molecule has 0 radical (unpaired) electrons. The molecule has 1 atom stereocenters. The summed E-state index contributed by atoms with van der Waals surface area (Å²) in [5.74, 6) is 0.920. The molecule has 1 fully saturated rings. The van der Waals surface area contributed by atoms with Gasteiger partial charge in [0, 0.05) is 32.4 Å². The minimum absolute atomic E-state index is 0.0919. The van der Waals surface area contributed by atoms with Gasteiger partial charge in [-0.2, -0.15) is 0 Å². The van der Waals surface area contributed by atoms with Gasteiger partial charge < -0.3 is 15.4 Å². The molecule has 1 unspecified atom stereocenters. The van der Waals surface area contributed by atoms with Crippen molar-refractivity contribution < 1.29 is 17.9 Å². The minimum Gasteiger partial charge on any atom is -0.385 e. The van der Waals surface area contributed by atoms with Gasteiger partial charge in [0.05, 0.1) is 11.5 Å². The first-order valence-electron chi connectivity index (χ1n) is 7.49. The second-order valence-electron chi connectivity index (χ2n) is 5.53. The van der Waals surface area contributed by atoms with E-state index in [2.05, 4.69) is 20.6 Å². The highest BCUT2D eigenvalue weighted by molar-refractivity contribution is 7.91. The lowest BCUT2D eigenvalue weighted by Gasteiger charge is -2.13. The van der Waals surface area contributed by atoms with Crippen LogP contribution in [-0.4, -0.2) is 62.1 Å². The summed E-state index contributed by atoms with van der Waals surface area (Å²) in [6.07, 6.45) is 1.27. The molecule has 8 nitrogen and oxygen atoms in total. The van der Waals surface area contributed by atoms with E-state index in [0.717, 1.165) is 6.42 Å². The fourth-order valence-corrected chi connectivity index (χ4v) is 4.06. The maximum Gasteiger partial charge on any atom is 0.270 e. The number of methoxy groups -OCH3 is 1. The zero-order valence-corrected chi connectivity index (χ0v) is 14.1. The molecule has 2 rings (SSSR count). The van der Waals surface area contributed by atoms with Gasteiger partial charge in [-0.05, 0) is 19.8 Å². The molecule has 2 heterocycles. The first kappa shape index (κ1) is 17.6. The fraction of sp³-hybridized carbons (Fsp3) is 0.643. The van der Waals surface area contributed by atoms with Crippen molar-refractivity contribution in [2.45, 2.75) is 25.8 Å². The van der Waals surface area contributed by atoms with Crippen molar-refractivity contribution >= 4 is 21.6 Å². The summed E-state index contributed by atoms with van der Waals surface area (Å²) in [4.78, 5) is 20.4. The Morgan fingerprint density at radius 2 is 2.22 bits per heavy atom. The van der Waals surface area contributed by atoms with E-state index in [-0.39, 0.29) is 29.1 Å². The zero-order chi connectivity index (χ0) is 16.9. The Morgan fingerprint density at radius 1 is 1.43 bits per heavy atom. The summed E-state index contributed by atoms with van der Waals surface area (Å²) in [6.45, 7) is 2.77. The highest BCUT2D eigenvalue weighted by Gasteiger charge is 2.28. The normalized spacial score (nSPS) is 19.5. The molecule has 1 aromatic heterocycles. The molecule has 0 spiro atoms. The molecule has 2 N–H and O–H groups in total. The van der Waals surface area contributed by atoms with Gasteiger partial charge in [-0.25, -0.2) is 18.4 Å². The van der Waals surface area contributed by atoms with Crippen molar-refractivity contribution in [3.63, 3.8) is 0 Å². The van der Waals surface area contributed by atoms with Crippen molar-refractivity contribution in [2.75, 3.05) is 37.1 Å². The third-order valence-corrected chi connectivity index (χ3v) is 5.23. The number of nitrogens with one attached hydrogen (secondary N) is 2. The number of carbonyl (C=O) groups is 1. The number of sulfone groups is 1. The van der Waals surface area contributed by atoms with Gasteiger partial charge in [-0.3, -0.25) is 4.79 Å². The summed E-state index contributed by atoms with van der Waals surface area (Å²) in [5, 5.41) is 5.84. The van der Waals surface area contributed by atoms with Crippen LogP contribution in [0.4, 0.5) is 5.82 Å². The van der Waals surface area contributed by atoms with Crippen LogP contribution in [0.5, 0.6) is 0 Å². The SMILES string of the molecule is COCCCNC(=O)c1cc(NC2CCS(=O)(=O)C2)nc(C)n1. The van der Waals surface area contributed by atoms with Gasteiger partial charge in [0.25, 0.3) is 5.91 Å². The van der Waals surface area contributed by atoms with Crippen LogP contribution in [0.1, 0.15) is 29.2 Å². The van der Waals surface area contributed by atoms with E-state index >= 15 is 0 Å². The van der Waals surface area contributed by atoms with E-state index < -0.39 is 9.84 Å². The minimum atomic E-state index is -2.97. The zero-order valence-electron chi connectivity index (χ0n) is 13.3. The molecule has 23 heavy (non-hydrogen) atoms. The Balaban J connectivity index is 1.99. The molecule has 0 saturated carbocycles. The third kappa shape index (κ3) is 5.43. The van der Waals surface area contributed by atoms with Crippen molar-refractivity contribution in [1.29, 1.82) is 0 Å². The topological polar surface area (TPSA) is 110 Å². The highest BCUT2D eigenvalue weighted by Crippen LogP contribution is 2.17. The Labute approximate surface area is 136 Å². The molecular formula is C14H22N4O4S. The molecule has 1 saturated heterocycles. The van der Waals surface area contributed by atoms with Gasteiger partial charge in [-0.15, -0.1) is 0 Å². The van der Waals surface area contributed by atoms with E-state index in [1.165, 1.54) is 0 Å². The molecule has 9 heteroatoms. The molecule has 1 aromatic rings. The number of carbonyl (C=O) groups excluding carboxylic acids is 1. The van der Waals surface area contributed by atoms with Gasteiger partial charge in [0.15, 0.2) is 9.84 Å². The summed E-state index contributed by atoms with van der Waals surface area (Å²) >= 11 is 0. The van der Waals surface area contributed by atoms with Gasteiger partial charge >= 0.3 is 0 Å². The lowest BCUT2D eigenvalue weighted by atomic mass is 10.2. The standard InChI is InChI=1S/C14H22N4O4S/c1-10-16-12(14(19)15-5-3-6-22-2)8-13(17-10)18-11-4-7-23(20,21)9-11/h8,11H,3-7,9H2,1-2H3,(H,15,19)(H,16,17,18). The smallest absolute Gasteiger partial charge is 0.270 e. The van der Waals surface area contributed by atoms with E-state index in [0.29, 0.717) is 31.2 Å². The number of hydrogen-bond acceptors (Lipinski definition) is 7.